The van der Waals surface area contributed by atoms with Crippen LogP contribution in [0.25, 0.3) is 39.5 Å². The maximum absolute atomic E-state index is 13.3. The van der Waals surface area contributed by atoms with Crippen LogP contribution in [0.15, 0.2) is 83.8 Å². The van der Waals surface area contributed by atoms with Crippen LogP contribution < -0.4 is 10.0 Å². The van der Waals surface area contributed by atoms with E-state index in [1.165, 1.54) is 16.4 Å². The van der Waals surface area contributed by atoms with E-state index >= 15 is 0 Å². The molecule has 3 aromatic carbocycles. The molecule has 184 valence electrons. The van der Waals surface area contributed by atoms with E-state index in [0.29, 0.717) is 34.0 Å². The summed E-state index contributed by atoms with van der Waals surface area (Å²) in [5.74, 6) is -0.219. The lowest BCUT2D eigenvalue weighted by Crippen LogP contribution is -2.30. The number of hydrogen-bond acceptors (Lipinski definition) is 6. The van der Waals surface area contributed by atoms with Crippen LogP contribution in [0.1, 0.15) is 5.69 Å². The Labute approximate surface area is 212 Å². The highest BCUT2D eigenvalue weighted by atomic mass is 32.2. The highest BCUT2D eigenvalue weighted by Crippen LogP contribution is 2.44. The normalized spacial score (nSPS) is 13.8. The van der Waals surface area contributed by atoms with Gasteiger partial charge in [-0.15, -0.1) is 0 Å². The van der Waals surface area contributed by atoms with Gasteiger partial charge in [-0.05, 0) is 55.5 Å². The first-order chi connectivity index (χ1) is 17.7. The van der Waals surface area contributed by atoms with Crippen molar-refractivity contribution in [2.24, 2.45) is 0 Å². The molecule has 5 aromatic rings. The lowest BCUT2D eigenvalue weighted by molar-refractivity contribution is 0.593. The summed E-state index contributed by atoms with van der Waals surface area (Å²) in [4.78, 5) is 8.89. The summed E-state index contributed by atoms with van der Waals surface area (Å²) in [5, 5.41) is 4.79. The largest absolute Gasteiger partial charge is 0.368 e. The van der Waals surface area contributed by atoms with E-state index in [1.54, 1.807) is 54.2 Å². The van der Waals surface area contributed by atoms with Crippen molar-refractivity contribution < 1.29 is 12.8 Å². The van der Waals surface area contributed by atoms with E-state index in [1.807, 2.05) is 31.2 Å². The molecular weight excluding hydrogens is 491 g/mol. The molecule has 0 atom stereocenters. The van der Waals surface area contributed by atoms with Crippen LogP contribution in [0, 0.1) is 12.7 Å². The molecule has 0 radical (unpaired) electrons. The first-order valence-corrected chi connectivity index (χ1v) is 12.9. The Morgan fingerprint density at radius 2 is 1.46 bits per heavy atom. The van der Waals surface area contributed by atoms with E-state index in [4.69, 9.17) is 10.8 Å². The molecule has 1 aliphatic heterocycles. The fraction of sp³-hybridized carbons (Fsp3) is 0.0741. The van der Waals surface area contributed by atoms with Crippen molar-refractivity contribution in [3.8, 4) is 39.5 Å². The molecule has 0 unspecified atom stereocenters. The van der Waals surface area contributed by atoms with Crippen molar-refractivity contribution in [1.29, 1.82) is 0 Å². The van der Waals surface area contributed by atoms with E-state index in [-0.39, 0.29) is 16.7 Å². The second-order valence-corrected chi connectivity index (χ2v) is 10.7. The topological polar surface area (TPSA) is 107 Å². The Morgan fingerprint density at radius 3 is 2.11 bits per heavy atom. The van der Waals surface area contributed by atoms with Crippen molar-refractivity contribution >= 4 is 21.7 Å². The predicted octanol–water partition coefficient (Wildman–Crippen LogP) is 4.83. The Bertz CT molecular complexity index is 1780. The van der Waals surface area contributed by atoms with Crippen molar-refractivity contribution in [3.05, 3.63) is 90.4 Å². The van der Waals surface area contributed by atoms with Gasteiger partial charge in [0.2, 0.25) is 5.95 Å². The van der Waals surface area contributed by atoms with Gasteiger partial charge < -0.3 is 5.73 Å². The van der Waals surface area contributed by atoms with Crippen LogP contribution in [0.2, 0.25) is 0 Å². The Kier molecular flexibility index (Phi) is 5.09. The number of hydrogen-bond donors (Lipinski definition) is 1. The molecule has 8 nitrogen and oxygen atoms in total. The van der Waals surface area contributed by atoms with Gasteiger partial charge in [-0.1, -0.05) is 30.3 Å². The predicted molar refractivity (Wildman–Crippen MR) is 140 cm³/mol. The fourth-order valence-electron chi connectivity index (χ4n) is 4.61. The number of nitrogens with two attached hydrogens (primary N) is 1. The van der Waals surface area contributed by atoms with E-state index < -0.39 is 10.0 Å². The first kappa shape index (κ1) is 22.9. The summed E-state index contributed by atoms with van der Waals surface area (Å²) in [7, 11) is -2.12. The van der Waals surface area contributed by atoms with Crippen LogP contribution in [0.5, 0.6) is 0 Å². The van der Waals surface area contributed by atoms with Gasteiger partial charge in [0.15, 0.2) is 0 Å². The number of rotatable bonds is 3. The molecule has 3 heterocycles. The van der Waals surface area contributed by atoms with Gasteiger partial charge in [0.1, 0.15) is 17.2 Å². The summed E-state index contributed by atoms with van der Waals surface area (Å²) in [6, 6.07) is 22.3. The molecule has 0 amide bonds. The molecule has 0 saturated carbocycles. The Balaban J connectivity index is 1.40. The molecule has 10 heteroatoms. The van der Waals surface area contributed by atoms with Gasteiger partial charge in [-0.25, -0.2) is 27.5 Å². The molecule has 0 bridgehead atoms. The Morgan fingerprint density at radius 1 is 0.865 bits per heavy atom. The lowest BCUT2D eigenvalue weighted by atomic mass is 10.1. The average molecular weight is 513 g/mol. The number of halogens is 1. The molecular formula is C27H21FN6O2S. The minimum absolute atomic E-state index is 0.111. The van der Waals surface area contributed by atoms with Gasteiger partial charge in [0.25, 0.3) is 10.0 Å². The molecule has 2 N–H and O–H groups in total. The minimum Gasteiger partial charge on any atom is -0.368 e. The first-order valence-electron chi connectivity index (χ1n) is 11.4. The van der Waals surface area contributed by atoms with Crippen LogP contribution in [-0.4, -0.2) is 35.2 Å². The smallest absolute Gasteiger partial charge is 0.264 e. The lowest BCUT2D eigenvalue weighted by Gasteiger charge is -2.26. The summed E-state index contributed by atoms with van der Waals surface area (Å²) in [6.07, 6.45) is 0. The maximum atomic E-state index is 13.3. The van der Waals surface area contributed by atoms with E-state index in [2.05, 4.69) is 9.97 Å². The van der Waals surface area contributed by atoms with Gasteiger partial charge >= 0.3 is 0 Å². The summed E-state index contributed by atoms with van der Waals surface area (Å²) >= 11 is 0. The van der Waals surface area contributed by atoms with Gasteiger partial charge in [-0.3, -0.25) is 4.31 Å². The van der Waals surface area contributed by atoms with Gasteiger partial charge in [-0.2, -0.15) is 5.10 Å². The van der Waals surface area contributed by atoms with Crippen molar-refractivity contribution in [2.75, 3.05) is 17.1 Å². The van der Waals surface area contributed by atoms with Crippen molar-refractivity contribution in [3.63, 3.8) is 0 Å². The number of benzene rings is 3. The minimum atomic E-state index is -3.67. The maximum Gasteiger partial charge on any atom is 0.264 e. The second kappa shape index (κ2) is 8.24. The molecule has 0 fully saturated rings. The molecule has 0 spiro atoms. The monoisotopic (exact) mass is 512 g/mol. The number of aromatic nitrogens is 4. The van der Waals surface area contributed by atoms with Gasteiger partial charge in [0, 0.05) is 23.7 Å². The number of fused-ring (bicyclic) bond motifs is 3. The average Bonchev–Trinajstić information content (AvgIpc) is 3.25. The molecule has 2 aromatic heterocycles. The summed E-state index contributed by atoms with van der Waals surface area (Å²) < 4.78 is 42.5. The molecule has 6 rings (SSSR count). The Hall–Kier alpha value is -4.57. The number of nitrogens with zero attached hydrogens (tertiary/aromatic N) is 5. The molecule has 0 saturated heterocycles. The molecule has 37 heavy (non-hydrogen) atoms. The molecule has 0 aliphatic carbocycles. The number of nitrogen functional groups attached to an aromatic ring is 1. The van der Waals surface area contributed by atoms with Crippen LogP contribution >= 0.6 is 0 Å². The number of sulfonamides is 1. The SMILES string of the molecule is Cc1c2c(nn1-c1ccc(-c3cc(-c4ccc(F)cc4)nc(N)n3)cc1)-c1ccccc1S(=O)(=O)N2C. The quantitative estimate of drug-likeness (QED) is 0.371. The van der Waals surface area contributed by atoms with E-state index in [0.717, 1.165) is 16.8 Å². The fourth-order valence-corrected chi connectivity index (χ4v) is 6.06. The van der Waals surface area contributed by atoms with Crippen LogP contribution in [0.3, 0.4) is 0 Å². The third kappa shape index (κ3) is 3.64. The van der Waals surface area contributed by atoms with Crippen LogP contribution in [0.4, 0.5) is 16.0 Å². The number of anilines is 2. The standard InChI is InChI=1S/C27H21FN6O2S/c1-16-26-25(21-5-3-4-6-24(21)37(35,36)33(26)2)32-34(16)20-13-9-18(10-14-20)23-15-22(30-27(29)31-23)17-7-11-19(28)12-8-17/h3-15H,1-2H3,(H2,29,30,31). The molecule has 1 aliphatic rings. The highest BCUT2D eigenvalue weighted by Gasteiger charge is 2.36. The second-order valence-electron chi connectivity index (χ2n) is 8.71. The van der Waals surface area contributed by atoms with Gasteiger partial charge in [0.05, 0.1) is 27.7 Å². The summed E-state index contributed by atoms with van der Waals surface area (Å²) in [6.45, 7) is 1.85. The third-order valence-corrected chi connectivity index (χ3v) is 8.29. The third-order valence-electron chi connectivity index (χ3n) is 6.47. The van der Waals surface area contributed by atoms with Crippen molar-refractivity contribution in [2.45, 2.75) is 11.8 Å². The zero-order valence-corrected chi connectivity index (χ0v) is 20.7. The van der Waals surface area contributed by atoms with E-state index in [9.17, 15) is 12.8 Å². The zero-order chi connectivity index (χ0) is 25.9. The zero-order valence-electron chi connectivity index (χ0n) is 19.9. The highest BCUT2D eigenvalue weighted by molar-refractivity contribution is 7.93. The van der Waals surface area contributed by atoms with Crippen molar-refractivity contribution in [1.82, 2.24) is 19.7 Å². The van der Waals surface area contributed by atoms with Crippen LogP contribution in [-0.2, 0) is 10.0 Å². The summed E-state index contributed by atoms with van der Waals surface area (Å²) in [5.41, 5.74) is 11.9.